The number of rotatable bonds is 0. The molecule has 11 aromatic rings. The van der Waals surface area contributed by atoms with Crippen molar-refractivity contribution < 1.29 is 0 Å². The summed E-state index contributed by atoms with van der Waals surface area (Å²) in [6.45, 7) is 14.1. The number of hydrogen-bond donors (Lipinski definition) is 0. The van der Waals surface area contributed by atoms with Crippen LogP contribution < -0.4 is 0 Å². The van der Waals surface area contributed by atoms with Gasteiger partial charge >= 0.3 is 0 Å². The van der Waals surface area contributed by atoms with Crippen molar-refractivity contribution in [3.63, 3.8) is 0 Å². The van der Waals surface area contributed by atoms with Crippen LogP contribution in [0.25, 0.3) is 76.2 Å². The molecule has 4 nitrogen and oxygen atoms in total. The summed E-state index contributed by atoms with van der Waals surface area (Å²) >= 11 is 0. The summed E-state index contributed by atoms with van der Waals surface area (Å²) in [5, 5.41) is 33.0. The van der Waals surface area contributed by atoms with Gasteiger partial charge < -0.3 is 8.80 Å². The topological polar surface area (TPSA) is 56.4 Å². The molecule has 0 unspecified atom stereocenters. The van der Waals surface area contributed by atoms with Gasteiger partial charge in [-0.05, 0) is 158 Å². The Balaban J connectivity index is 1.09. The van der Waals surface area contributed by atoms with E-state index in [0.717, 1.165) is 16.6 Å². The molecule has 4 heterocycles. The number of hydrogen-bond acceptors (Lipinski definition) is 2. The molecule has 2 fully saturated rings. The van der Waals surface area contributed by atoms with E-state index < -0.39 is 0 Å². The van der Waals surface area contributed by atoms with Gasteiger partial charge in [-0.1, -0.05) is 116 Å². The zero-order chi connectivity index (χ0) is 46.4. The van der Waals surface area contributed by atoms with Gasteiger partial charge in [0, 0.05) is 54.9 Å². The van der Waals surface area contributed by atoms with Crippen LogP contribution in [0.2, 0.25) is 0 Å². The molecule has 4 aromatic heterocycles. The lowest BCUT2D eigenvalue weighted by atomic mass is 9.59. The standard InChI is InChI=1S/C65H54N4/c1-62(2,3)36-25-44-42-30-49-43(29-48(42)68-50-23-34(31-66)52-53-38-15-7-9-17-40(38)54(41-18-10-8-16-39(41)53)57(52)55(50)46(27-36)60(44)68)45-26-37(63(4,5)6)28-47-56-51(69(49)61(45)47)24-35(32-67)58-59(56)65(21-13-14-22-65)33-64(58)19-11-12-20-64/h7-10,15-18,23-30,53-54H,11-14,19-22,33H2,1-6H3. The molecule has 7 aromatic carbocycles. The average molecular weight is 891 g/mol. The van der Waals surface area contributed by atoms with Crippen molar-refractivity contribution >= 4 is 76.2 Å². The molecule has 2 spiro atoms. The summed E-state index contributed by atoms with van der Waals surface area (Å²) in [5.41, 5.74) is 22.7. The lowest BCUT2D eigenvalue weighted by Crippen LogP contribution is -2.28. The van der Waals surface area contributed by atoms with E-state index in [1.165, 1.54) is 179 Å². The molecule has 17 rings (SSSR count). The van der Waals surface area contributed by atoms with Crippen LogP contribution in [0.4, 0.5) is 0 Å². The fourth-order valence-corrected chi connectivity index (χ4v) is 16.5. The minimum Gasteiger partial charge on any atom is -0.308 e. The zero-order valence-electron chi connectivity index (χ0n) is 40.5. The SMILES string of the molecule is CC(C)(C)c1cc2c3cc4c(cc3n3c5cc(C#N)c6c(c5c(c1)c23)C1c2ccccc2C6c2ccccc21)c1cc(C(C)(C)C)cc2c3c5c(c(C#N)cc3n4c12)C1(CCCC1)CC51CCCC1. The van der Waals surface area contributed by atoms with E-state index in [9.17, 15) is 10.5 Å². The van der Waals surface area contributed by atoms with Gasteiger partial charge in [0.25, 0.3) is 0 Å². The highest BCUT2D eigenvalue weighted by Gasteiger charge is 2.56. The number of nitrogens with zero attached hydrogens (tertiary/aromatic N) is 4. The van der Waals surface area contributed by atoms with E-state index in [-0.39, 0.29) is 33.5 Å². The quantitative estimate of drug-likeness (QED) is 0.152. The maximum Gasteiger partial charge on any atom is 0.0995 e. The van der Waals surface area contributed by atoms with Gasteiger partial charge in [-0.25, -0.2) is 0 Å². The molecule has 0 saturated heterocycles. The number of aromatic nitrogens is 2. The van der Waals surface area contributed by atoms with E-state index in [4.69, 9.17) is 0 Å². The summed E-state index contributed by atoms with van der Waals surface area (Å²) in [4.78, 5) is 0. The van der Waals surface area contributed by atoms with Crippen LogP contribution in [0, 0.1) is 22.7 Å². The Morgan fingerprint density at radius 1 is 0.464 bits per heavy atom. The van der Waals surface area contributed by atoms with Crippen molar-refractivity contribution in [3.05, 3.63) is 164 Å². The highest BCUT2D eigenvalue weighted by atomic mass is 14.9. The van der Waals surface area contributed by atoms with E-state index in [1.54, 1.807) is 5.56 Å². The molecule has 69 heavy (non-hydrogen) atoms. The van der Waals surface area contributed by atoms with Gasteiger partial charge in [-0.2, -0.15) is 10.5 Å². The van der Waals surface area contributed by atoms with Crippen molar-refractivity contribution in [2.45, 2.75) is 133 Å². The average Bonchev–Trinajstić information content (AvgIpc) is 4.23. The number of benzene rings is 7. The first-order valence-electron chi connectivity index (χ1n) is 25.9. The van der Waals surface area contributed by atoms with E-state index in [0.29, 0.717) is 0 Å². The van der Waals surface area contributed by atoms with Crippen molar-refractivity contribution in [3.8, 4) is 12.1 Å². The van der Waals surface area contributed by atoms with Crippen LogP contribution in [0.3, 0.4) is 0 Å². The largest absolute Gasteiger partial charge is 0.308 e. The molecule has 6 aliphatic carbocycles. The molecule has 6 aliphatic rings. The van der Waals surface area contributed by atoms with Crippen molar-refractivity contribution in [2.24, 2.45) is 0 Å². The van der Waals surface area contributed by atoms with Crippen LogP contribution in [-0.4, -0.2) is 8.80 Å². The highest BCUT2D eigenvalue weighted by molar-refractivity contribution is 6.30. The highest BCUT2D eigenvalue weighted by Crippen LogP contribution is 2.66. The van der Waals surface area contributed by atoms with Crippen LogP contribution in [0.5, 0.6) is 0 Å². The molecule has 2 saturated carbocycles. The molecule has 0 amide bonds. The second kappa shape index (κ2) is 12.3. The Morgan fingerprint density at radius 2 is 0.884 bits per heavy atom. The van der Waals surface area contributed by atoms with Crippen LogP contribution in [0.1, 0.15) is 178 Å². The Labute approximate surface area is 402 Å². The molecule has 4 heteroatoms. The molecule has 334 valence electrons. The molecule has 0 radical (unpaired) electrons. The Kier molecular flexibility index (Phi) is 6.94. The Morgan fingerprint density at radius 3 is 1.36 bits per heavy atom. The first-order chi connectivity index (χ1) is 33.3. The third kappa shape index (κ3) is 4.45. The maximum atomic E-state index is 11.3. The van der Waals surface area contributed by atoms with E-state index in [1.807, 2.05) is 0 Å². The molecular formula is C65H54N4. The van der Waals surface area contributed by atoms with Crippen LogP contribution in [0.15, 0.2) is 97.1 Å². The van der Waals surface area contributed by atoms with Crippen molar-refractivity contribution in [2.75, 3.05) is 0 Å². The predicted octanol–water partition coefficient (Wildman–Crippen LogP) is 16.3. The second-order valence-corrected chi connectivity index (χ2v) is 24.6. The van der Waals surface area contributed by atoms with E-state index >= 15 is 0 Å². The van der Waals surface area contributed by atoms with Gasteiger partial charge in [0.05, 0.1) is 56.4 Å². The third-order valence-electron chi connectivity index (χ3n) is 19.2. The monoisotopic (exact) mass is 890 g/mol. The lowest BCUT2D eigenvalue weighted by molar-refractivity contribution is 0.324. The predicted molar refractivity (Wildman–Crippen MR) is 282 cm³/mol. The fraction of sp³-hybridized carbons (Fsp3) is 0.323. The summed E-state index contributed by atoms with van der Waals surface area (Å²) < 4.78 is 5.14. The Bertz CT molecular complexity index is 4230. The summed E-state index contributed by atoms with van der Waals surface area (Å²) in [6.07, 6.45) is 11.2. The third-order valence-corrected chi connectivity index (χ3v) is 19.2. The van der Waals surface area contributed by atoms with Crippen LogP contribution in [-0.2, 0) is 21.7 Å². The fourth-order valence-electron chi connectivity index (χ4n) is 16.5. The molecule has 0 atom stereocenters. The second-order valence-electron chi connectivity index (χ2n) is 24.6. The first-order valence-corrected chi connectivity index (χ1v) is 25.9. The normalized spacial score (nSPS) is 20.0. The van der Waals surface area contributed by atoms with Crippen molar-refractivity contribution in [1.29, 1.82) is 10.5 Å². The van der Waals surface area contributed by atoms with Gasteiger partial charge in [0.15, 0.2) is 0 Å². The minimum atomic E-state index is -0.104. The van der Waals surface area contributed by atoms with Gasteiger partial charge in [0.2, 0.25) is 0 Å². The van der Waals surface area contributed by atoms with Crippen molar-refractivity contribution in [1.82, 2.24) is 8.80 Å². The lowest BCUT2D eigenvalue weighted by Gasteiger charge is -2.43. The molecule has 0 aliphatic heterocycles. The molecule has 0 N–H and O–H groups in total. The van der Waals surface area contributed by atoms with E-state index in [2.05, 4.69) is 160 Å². The number of nitriles is 2. The van der Waals surface area contributed by atoms with Gasteiger partial charge in [-0.15, -0.1) is 0 Å². The maximum absolute atomic E-state index is 11.3. The van der Waals surface area contributed by atoms with Gasteiger partial charge in [-0.3, -0.25) is 0 Å². The minimum absolute atomic E-state index is 0.00996. The summed E-state index contributed by atoms with van der Waals surface area (Å²) in [5.74, 6) is 0.0444. The Hall–Kier alpha value is -6.88. The summed E-state index contributed by atoms with van der Waals surface area (Å²) in [7, 11) is 0. The zero-order valence-corrected chi connectivity index (χ0v) is 40.5. The molecule has 2 bridgehead atoms. The molecular weight excluding hydrogens is 837 g/mol. The first kappa shape index (κ1) is 39.0. The smallest absolute Gasteiger partial charge is 0.0995 e. The summed E-state index contributed by atoms with van der Waals surface area (Å²) in [6, 6.07) is 43.3. The number of fused-ring (bicyclic) bond motifs is 16. The van der Waals surface area contributed by atoms with Crippen LogP contribution >= 0.6 is 0 Å². The van der Waals surface area contributed by atoms with Gasteiger partial charge in [0.1, 0.15) is 0 Å².